The van der Waals surface area contributed by atoms with Gasteiger partial charge in [0.05, 0.1) is 11.4 Å². The average molecular weight is 224 g/mol. The summed E-state index contributed by atoms with van der Waals surface area (Å²) in [7, 11) is 0. The summed E-state index contributed by atoms with van der Waals surface area (Å²) in [4.78, 5) is 2.09. The van der Waals surface area contributed by atoms with Crippen LogP contribution in [0.15, 0.2) is 18.2 Å². The molecule has 0 amide bonds. The number of nitrogen functional groups attached to an aromatic ring is 1. The Morgan fingerprint density at radius 2 is 2.06 bits per heavy atom. The van der Waals surface area contributed by atoms with Crippen molar-refractivity contribution in [2.45, 2.75) is 12.8 Å². The number of anilines is 2. The number of piperidine rings is 1. The molecule has 2 rings (SSSR count). The molecule has 1 aromatic rings. The van der Waals surface area contributed by atoms with Gasteiger partial charge in [-0.3, -0.25) is 0 Å². The van der Waals surface area contributed by atoms with E-state index in [0.717, 1.165) is 31.6 Å². The molecule has 1 aromatic carbocycles. The lowest BCUT2D eigenvalue weighted by atomic mass is 9.97. The molecule has 0 aliphatic carbocycles. The molecule has 3 N–H and O–H groups in total. The first kappa shape index (κ1) is 11.2. The highest BCUT2D eigenvalue weighted by atomic mass is 19.1. The second-order valence-corrected chi connectivity index (χ2v) is 4.29. The first-order valence-corrected chi connectivity index (χ1v) is 5.62. The van der Waals surface area contributed by atoms with Gasteiger partial charge in [0, 0.05) is 19.7 Å². The number of nitrogens with zero attached hydrogens (tertiary/aromatic N) is 1. The molecule has 0 saturated carbocycles. The number of halogens is 1. The Morgan fingerprint density at radius 3 is 2.69 bits per heavy atom. The number of nitrogens with two attached hydrogens (primary N) is 1. The molecule has 0 atom stereocenters. The van der Waals surface area contributed by atoms with Crippen molar-refractivity contribution in [3.63, 3.8) is 0 Å². The van der Waals surface area contributed by atoms with Gasteiger partial charge in [-0.1, -0.05) is 6.07 Å². The van der Waals surface area contributed by atoms with Crippen LogP contribution in [0, 0.1) is 11.7 Å². The molecular formula is C12H17FN2O. The van der Waals surface area contributed by atoms with Crippen LogP contribution in [0.3, 0.4) is 0 Å². The van der Waals surface area contributed by atoms with Gasteiger partial charge in [0.2, 0.25) is 0 Å². The van der Waals surface area contributed by atoms with Crippen molar-refractivity contribution >= 4 is 11.4 Å². The zero-order valence-corrected chi connectivity index (χ0v) is 9.19. The number of para-hydroxylation sites is 1. The Bertz CT molecular complexity index is 362. The summed E-state index contributed by atoms with van der Waals surface area (Å²) in [6.07, 6.45) is 1.87. The van der Waals surface area contributed by atoms with Gasteiger partial charge >= 0.3 is 0 Å². The van der Waals surface area contributed by atoms with E-state index >= 15 is 0 Å². The fraction of sp³-hybridized carbons (Fsp3) is 0.500. The Hall–Kier alpha value is -1.29. The number of hydrogen-bond acceptors (Lipinski definition) is 3. The van der Waals surface area contributed by atoms with Crippen LogP contribution in [0.4, 0.5) is 15.8 Å². The molecule has 3 nitrogen and oxygen atoms in total. The Labute approximate surface area is 94.7 Å². The fourth-order valence-electron chi connectivity index (χ4n) is 2.16. The maximum Gasteiger partial charge on any atom is 0.148 e. The van der Waals surface area contributed by atoms with Crippen LogP contribution < -0.4 is 10.6 Å². The molecule has 1 heterocycles. The average Bonchev–Trinajstić information content (AvgIpc) is 2.33. The van der Waals surface area contributed by atoms with Gasteiger partial charge in [-0.25, -0.2) is 4.39 Å². The summed E-state index contributed by atoms with van der Waals surface area (Å²) in [5, 5.41) is 9.04. The molecule has 1 aliphatic heterocycles. The number of aliphatic hydroxyl groups excluding tert-OH is 1. The van der Waals surface area contributed by atoms with Crippen LogP contribution in [0.5, 0.6) is 0 Å². The summed E-state index contributed by atoms with van der Waals surface area (Å²) in [6.45, 7) is 1.91. The third kappa shape index (κ3) is 2.11. The van der Waals surface area contributed by atoms with Crippen molar-refractivity contribution in [2.24, 2.45) is 5.92 Å². The molecule has 0 bridgehead atoms. The van der Waals surface area contributed by atoms with Crippen molar-refractivity contribution in [1.29, 1.82) is 0 Å². The number of hydrogen-bond donors (Lipinski definition) is 2. The minimum absolute atomic E-state index is 0.227. The van der Waals surface area contributed by atoms with E-state index in [2.05, 4.69) is 4.90 Å². The van der Waals surface area contributed by atoms with Gasteiger partial charge in [-0.15, -0.1) is 0 Å². The van der Waals surface area contributed by atoms with E-state index in [1.165, 1.54) is 6.07 Å². The zero-order valence-electron chi connectivity index (χ0n) is 9.19. The Balaban J connectivity index is 2.11. The summed E-state index contributed by atoms with van der Waals surface area (Å²) in [5.41, 5.74) is 6.72. The number of rotatable bonds is 2. The van der Waals surface area contributed by atoms with Crippen molar-refractivity contribution in [2.75, 3.05) is 30.3 Å². The topological polar surface area (TPSA) is 49.5 Å². The minimum atomic E-state index is -0.359. The molecule has 0 spiro atoms. The lowest BCUT2D eigenvalue weighted by Crippen LogP contribution is -2.35. The Kier molecular flexibility index (Phi) is 3.29. The molecule has 16 heavy (non-hydrogen) atoms. The van der Waals surface area contributed by atoms with Crippen LogP contribution in [0.1, 0.15) is 12.8 Å². The van der Waals surface area contributed by atoms with Crippen molar-refractivity contribution in [3.05, 3.63) is 24.0 Å². The van der Waals surface area contributed by atoms with Gasteiger partial charge in [-0.05, 0) is 30.9 Å². The predicted octanol–water partition coefficient (Wildman–Crippen LogP) is 1.62. The quantitative estimate of drug-likeness (QED) is 0.750. The van der Waals surface area contributed by atoms with Crippen LogP contribution in [0.25, 0.3) is 0 Å². The number of benzene rings is 1. The summed E-state index contributed by atoms with van der Waals surface area (Å²) >= 11 is 0. The predicted molar refractivity (Wildman–Crippen MR) is 62.8 cm³/mol. The lowest BCUT2D eigenvalue weighted by Gasteiger charge is -2.33. The SMILES string of the molecule is Nc1c(F)cccc1N1CCC(CO)CC1. The van der Waals surface area contributed by atoms with Crippen LogP contribution in [-0.2, 0) is 0 Å². The first-order valence-electron chi connectivity index (χ1n) is 5.62. The molecule has 88 valence electrons. The summed E-state index contributed by atoms with van der Waals surface area (Å²) in [6, 6.07) is 4.90. The number of aliphatic hydroxyl groups is 1. The van der Waals surface area contributed by atoms with Gasteiger partial charge in [-0.2, -0.15) is 0 Å². The molecule has 0 radical (unpaired) electrons. The molecule has 1 saturated heterocycles. The maximum atomic E-state index is 13.3. The lowest BCUT2D eigenvalue weighted by molar-refractivity contribution is 0.203. The van der Waals surface area contributed by atoms with Crippen LogP contribution in [0.2, 0.25) is 0 Å². The van der Waals surface area contributed by atoms with E-state index < -0.39 is 0 Å². The molecule has 0 aromatic heterocycles. The first-order chi connectivity index (χ1) is 7.72. The van der Waals surface area contributed by atoms with Gasteiger partial charge in [0.15, 0.2) is 0 Å². The molecule has 4 heteroatoms. The third-order valence-corrected chi connectivity index (χ3v) is 3.24. The second-order valence-electron chi connectivity index (χ2n) is 4.29. The third-order valence-electron chi connectivity index (χ3n) is 3.24. The standard InChI is InChI=1S/C12H17FN2O/c13-10-2-1-3-11(12(10)14)15-6-4-9(8-16)5-7-15/h1-3,9,16H,4-8,14H2. The van der Waals surface area contributed by atoms with Crippen molar-refractivity contribution < 1.29 is 9.50 Å². The van der Waals surface area contributed by atoms with Crippen LogP contribution >= 0.6 is 0 Å². The monoisotopic (exact) mass is 224 g/mol. The summed E-state index contributed by atoms with van der Waals surface area (Å²) < 4.78 is 13.3. The smallest absolute Gasteiger partial charge is 0.148 e. The zero-order chi connectivity index (χ0) is 11.5. The molecule has 0 unspecified atom stereocenters. The van der Waals surface area contributed by atoms with E-state index in [4.69, 9.17) is 10.8 Å². The van der Waals surface area contributed by atoms with E-state index in [9.17, 15) is 4.39 Å². The van der Waals surface area contributed by atoms with Gasteiger partial charge in [0.25, 0.3) is 0 Å². The highest BCUT2D eigenvalue weighted by molar-refractivity contribution is 5.68. The molecular weight excluding hydrogens is 207 g/mol. The van der Waals surface area contributed by atoms with E-state index in [0.29, 0.717) is 5.92 Å². The van der Waals surface area contributed by atoms with Crippen molar-refractivity contribution in [3.8, 4) is 0 Å². The maximum absolute atomic E-state index is 13.3. The second kappa shape index (κ2) is 4.70. The molecule has 1 fully saturated rings. The molecule has 1 aliphatic rings. The summed E-state index contributed by atoms with van der Waals surface area (Å²) in [5.74, 6) is 0.0211. The van der Waals surface area contributed by atoms with Gasteiger partial charge < -0.3 is 15.7 Å². The van der Waals surface area contributed by atoms with E-state index in [1.807, 2.05) is 6.07 Å². The van der Waals surface area contributed by atoms with E-state index in [-0.39, 0.29) is 18.1 Å². The van der Waals surface area contributed by atoms with E-state index in [1.54, 1.807) is 6.07 Å². The Morgan fingerprint density at radius 1 is 1.38 bits per heavy atom. The fourth-order valence-corrected chi connectivity index (χ4v) is 2.16. The highest BCUT2D eigenvalue weighted by Crippen LogP contribution is 2.29. The normalized spacial score (nSPS) is 17.8. The van der Waals surface area contributed by atoms with Crippen molar-refractivity contribution in [1.82, 2.24) is 0 Å². The highest BCUT2D eigenvalue weighted by Gasteiger charge is 2.20. The van der Waals surface area contributed by atoms with Gasteiger partial charge in [0.1, 0.15) is 5.82 Å². The largest absolute Gasteiger partial charge is 0.396 e. The van der Waals surface area contributed by atoms with Crippen LogP contribution in [-0.4, -0.2) is 24.8 Å². The minimum Gasteiger partial charge on any atom is -0.396 e.